The third-order valence-electron chi connectivity index (χ3n) is 2.94. The number of phenolic OH excluding ortho intramolecular Hbond substituents is 1. The normalized spacial score (nSPS) is 10.8. The van der Waals surface area contributed by atoms with Crippen LogP contribution in [0.5, 0.6) is 5.75 Å². The zero-order chi connectivity index (χ0) is 13.2. The van der Waals surface area contributed by atoms with Crippen LogP contribution in [0.15, 0.2) is 22.7 Å². The minimum atomic E-state index is 0.411. The van der Waals surface area contributed by atoms with Gasteiger partial charge in [-0.1, -0.05) is 55.0 Å². The first-order chi connectivity index (χ1) is 8.74. The maximum absolute atomic E-state index is 9.70. The summed E-state index contributed by atoms with van der Waals surface area (Å²) in [6.45, 7) is 2.25. The Morgan fingerprint density at radius 1 is 1.11 bits per heavy atom. The molecule has 1 aromatic carbocycles. The second-order valence-corrected chi connectivity index (χ2v) is 6.61. The average molecular weight is 331 g/mol. The molecule has 0 aromatic heterocycles. The lowest BCUT2D eigenvalue weighted by molar-refractivity contribution is 0.470. The van der Waals surface area contributed by atoms with Crippen LogP contribution in [0.1, 0.15) is 51.0 Å². The van der Waals surface area contributed by atoms with Gasteiger partial charge in [0, 0.05) is 15.8 Å². The first kappa shape index (κ1) is 15.9. The molecule has 3 heteroatoms. The van der Waals surface area contributed by atoms with Crippen LogP contribution >= 0.6 is 27.7 Å². The summed E-state index contributed by atoms with van der Waals surface area (Å²) < 4.78 is 1.04. The molecule has 0 saturated heterocycles. The van der Waals surface area contributed by atoms with E-state index in [0.29, 0.717) is 5.75 Å². The molecule has 0 aliphatic heterocycles. The molecule has 0 saturated carbocycles. The number of aromatic hydroxyl groups is 1. The summed E-state index contributed by atoms with van der Waals surface area (Å²) in [6.07, 6.45) is 8.08. The van der Waals surface area contributed by atoms with Gasteiger partial charge in [0.25, 0.3) is 0 Å². The molecular weight excluding hydrogens is 308 g/mol. The van der Waals surface area contributed by atoms with Gasteiger partial charge in [-0.15, -0.1) is 0 Å². The van der Waals surface area contributed by atoms with Gasteiger partial charge in [0.15, 0.2) is 0 Å². The number of phenols is 1. The fourth-order valence-corrected chi connectivity index (χ4v) is 3.25. The molecule has 0 aliphatic rings. The highest BCUT2D eigenvalue weighted by Gasteiger charge is 2.01. The molecular formula is C15H23BrOS. The highest BCUT2D eigenvalue weighted by atomic mass is 79.9. The molecule has 18 heavy (non-hydrogen) atoms. The van der Waals surface area contributed by atoms with Crippen LogP contribution in [0.4, 0.5) is 0 Å². The minimum absolute atomic E-state index is 0.411. The van der Waals surface area contributed by atoms with Crippen LogP contribution in [0.2, 0.25) is 0 Å². The summed E-state index contributed by atoms with van der Waals surface area (Å²) >= 11 is 5.35. The molecule has 0 aliphatic carbocycles. The zero-order valence-corrected chi connectivity index (χ0v) is 13.5. The Balaban J connectivity index is 2.09. The van der Waals surface area contributed by atoms with Gasteiger partial charge in [-0.05, 0) is 30.4 Å². The Morgan fingerprint density at radius 2 is 1.83 bits per heavy atom. The van der Waals surface area contributed by atoms with Crippen LogP contribution in [0.3, 0.4) is 0 Å². The fourth-order valence-electron chi connectivity index (χ4n) is 1.84. The lowest BCUT2D eigenvalue weighted by Crippen LogP contribution is -1.86. The van der Waals surface area contributed by atoms with Crippen molar-refractivity contribution in [2.24, 2.45) is 0 Å². The lowest BCUT2D eigenvalue weighted by Gasteiger charge is -2.05. The molecule has 1 rings (SSSR count). The second-order valence-electron chi connectivity index (χ2n) is 4.59. The average Bonchev–Trinajstić information content (AvgIpc) is 2.36. The van der Waals surface area contributed by atoms with Crippen LogP contribution in [-0.2, 0) is 5.75 Å². The van der Waals surface area contributed by atoms with Crippen molar-refractivity contribution in [3.8, 4) is 5.75 Å². The maximum Gasteiger partial charge on any atom is 0.119 e. The first-order valence-electron chi connectivity index (χ1n) is 6.79. The van der Waals surface area contributed by atoms with E-state index in [2.05, 4.69) is 22.9 Å². The van der Waals surface area contributed by atoms with Crippen LogP contribution < -0.4 is 0 Å². The van der Waals surface area contributed by atoms with Crippen molar-refractivity contribution in [3.05, 3.63) is 28.2 Å². The Bertz CT molecular complexity index is 341. The number of rotatable bonds is 9. The van der Waals surface area contributed by atoms with Crippen molar-refractivity contribution in [2.45, 2.75) is 51.2 Å². The van der Waals surface area contributed by atoms with Crippen molar-refractivity contribution >= 4 is 27.7 Å². The Morgan fingerprint density at radius 3 is 2.61 bits per heavy atom. The molecule has 0 atom stereocenters. The van der Waals surface area contributed by atoms with Crippen molar-refractivity contribution in [1.29, 1.82) is 0 Å². The van der Waals surface area contributed by atoms with E-state index in [4.69, 9.17) is 0 Å². The molecule has 0 fully saturated rings. The van der Waals surface area contributed by atoms with Crippen LogP contribution in [0, 0.1) is 0 Å². The second kappa shape index (κ2) is 9.74. The first-order valence-corrected chi connectivity index (χ1v) is 8.74. The predicted octanol–water partition coefficient (Wildman–Crippen LogP) is 5.75. The number of hydrogen-bond donors (Lipinski definition) is 1. The molecule has 102 valence electrons. The number of benzene rings is 1. The van der Waals surface area contributed by atoms with Gasteiger partial charge < -0.3 is 5.11 Å². The molecule has 0 bridgehead atoms. The monoisotopic (exact) mass is 330 g/mol. The summed E-state index contributed by atoms with van der Waals surface area (Å²) in [6, 6.07) is 5.63. The summed E-state index contributed by atoms with van der Waals surface area (Å²) in [4.78, 5) is 0. The van der Waals surface area contributed by atoms with Crippen LogP contribution in [0.25, 0.3) is 0 Å². The standard InChI is InChI=1S/C15H23BrOS/c1-2-3-4-5-6-7-10-18-12-13-11-14(16)8-9-15(13)17/h8-9,11,17H,2-7,10,12H2,1H3. The van der Waals surface area contributed by atoms with Crippen molar-refractivity contribution in [1.82, 2.24) is 0 Å². The van der Waals surface area contributed by atoms with Gasteiger partial charge in [-0.2, -0.15) is 11.8 Å². The van der Waals surface area contributed by atoms with E-state index in [1.807, 2.05) is 23.9 Å². The molecule has 1 nitrogen and oxygen atoms in total. The Kier molecular flexibility index (Phi) is 8.60. The smallest absolute Gasteiger partial charge is 0.119 e. The summed E-state index contributed by atoms with van der Waals surface area (Å²) in [5.74, 6) is 2.51. The highest BCUT2D eigenvalue weighted by Crippen LogP contribution is 2.26. The third-order valence-corrected chi connectivity index (χ3v) is 4.53. The molecule has 0 radical (unpaired) electrons. The number of halogens is 1. The van der Waals surface area contributed by atoms with E-state index < -0.39 is 0 Å². The predicted molar refractivity (Wildman–Crippen MR) is 85.3 cm³/mol. The topological polar surface area (TPSA) is 20.2 Å². The molecule has 1 N–H and O–H groups in total. The Hall–Kier alpha value is -0.150. The molecule has 0 unspecified atom stereocenters. The van der Waals surface area contributed by atoms with E-state index in [-0.39, 0.29) is 0 Å². The number of thioether (sulfide) groups is 1. The summed E-state index contributed by atoms with van der Waals surface area (Å²) in [5.41, 5.74) is 1.03. The third kappa shape index (κ3) is 6.69. The van der Waals surface area contributed by atoms with Gasteiger partial charge in [0.2, 0.25) is 0 Å². The van der Waals surface area contributed by atoms with Gasteiger partial charge in [-0.3, -0.25) is 0 Å². The summed E-state index contributed by atoms with van der Waals surface area (Å²) in [5, 5.41) is 9.70. The van der Waals surface area contributed by atoms with E-state index in [0.717, 1.165) is 15.8 Å². The SMILES string of the molecule is CCCCCCCCSCc1cc(Br)ccc1O. The van der Waals surface area contributed by atoms with E-state index in [1.165, 1.54) is 44.3 Å². The van der Waals surface area contributed by atoms with E-state index in [9.17, 15) is 5.11 Å². The largest absolute Gasteiger partial charge is 0.508 e. The molecule has 0 amide bonds. The number of hydrogen-bond acceptors (Lipinski definition) is 2. The quantitative estimate of drug-likeness (QED) is 0.582. The van der Waals surface area contributed by atoms with E-state index in [1.54, 1.807) is 6.07 Å². The van der Waals surface area contributed by atoms with Gasteiger partial charge in [0.05, 0.1) is 0 Å². The van der Waals surface area contributed by atoms with Crippen LogP contribution in [-0.4, -0.2) is 10.9 Å². The zero-order valence-electron chi connectivity index (χ0n) is 11.1. The lowest BCUT2D eigenvalue weighted by atomic mass is 10.1. The van der Waals surface area contributed by atoms with Crippen molar-refractivity contribution in [2.75, 3.05) is 5.75 Å². The van der Waals surface area contributed by atoms with Gasteiger partial charge in [0.1, 0.15) is 5.75 Å². The van der Waals surface area contributed by atoms with E-state index >= 15 is 0 Å². The highest BCUT2D eigenvalue weighted by molar-refractivity contribution is 9.10. The maximum atomic E-state index is 9.70. The van der Waals surface area contributed by atoms with Crippen molar-refractivity contribution in [3.63, 3.8) is 0 Å². The molecule has 0 spiro atoms. The minimum Gasteiger partial charge on any atom is -0.508 e. The fraction of sp³-hybridized carbons (Fsp3) is 0.600. The summed E-state index contributed by atoms with van der Waals surface area (Å²) in [7, 11) is 0. The molecule has 1 aromatic rings. The van der Waals surface area contributed by atoms with Gasteiger partial charge in [-0.25, -0.2) is 0 Å². The Labute approximate surface area is 124 Å². The van der Waals surface area contributed by atoms with Gasteiger partial charge >= 0.3 is 0 Å². The number of unbranched alkanes of at least 4 members (excludes halogenated alkanes) is 5. The van der Waals surface area contributed by atoms with Crippen molar-refractivity contribution < 1.29 is 5.11 Å². The molecule has 0 heterocycles.